The van der Waals surface area contributed by atoms with Crippen LogP contribution in [0.15, 0.2) is 23.1 Å². The van der Waals surface area contributed by atoms with Gasteiger partial charge >= 0.3 is 12.1 Å². The van der Waals surface area contributed by atoms with Crippen molar-refractivity contribution in [2.75, 3.05) is 25.0 Å². The monoisotopic (exact) mass is 532 g/mol. The zero-order valence-corrected chi connectivity index (χ0v) is 22.4. The number of ether oxygens (including phenoxy) is 2. The molecule has 10 nitrogen and oxygen atoms in total. The van der Waals surface area contributed by atoms with Crippen molar-refractivity contribution in [3.8, 4) is 0 Å². The topological polar surface area (TPSA) is 128 Å². The molecule has 0 unspecified atom stereocenters. The van der Waals surface area contributed by atoms with Crippen molar-refractivity contribution in [2.45, 2.75) is 78.0 Å². The number of benzene rings is 1. The van der Waals surface area contributed by atoms with Gasteiger partial charge in [-0.3, -0.25) is 14.4 Å². The van der Waals surface area contributed by atoms with Crippen LogP contribution in [0.4, 0.5) is 14.9 Å². The van der Waals surface area contributed by atoms with Crippen molar-refractivity contribution >= 4 is 34.6 Å². The number of halogens is 1. The summed E-state index contributed by atoms with van der Waals surface area (Å²) in [6.45, 7) is 6.91. The van der Waals surface area contributed by atoms with Crippen LogP contribution >= 0.6 is 0 Å². The largest absolute Gasteiger partial charge is 0.465 e. The SMILES string of the molecule is CCOC(=O)CNC(=O)c1cn(CCNC(=O)OC(C)(C)C)c2cc(NC3CCCCC3)c(F)cc2c1=O. The van der Waals surface area contributed by atoms with E-state index in [1.54, 1.807) is 38.3 Å². The molecule has 1 aliphatic carbocycles. The Bertz CT molecular complexity index is 1230. The highest BCUT2D eigenvalue weighted by Crippen LogP contribution is 2.26. The Labute approximate surface area is 221 Å². The smallest absolute Gasteiger partial charge is 0.407 e. The molecule has 1 saturated carbocycles. The molecule has 1 aromatic heterocycles. The lowest BCUT2D eigenvalue weighted by Crippen LogP contribution is -2.36. The molecule has 0 spiro atoms. The van der Waals surface area contributed by atoms with Crippen LogP contribution in [0.25, 0.3) is 10.9 Å². The maximum Gasteiger partial charge on any atom is 0.407 e. The number of anilines is 1. The molecule has 0 saturated heterocycles. The zero-order valence-electron chi connectivity index (χ0n) is 22.4. The van der Waals surface area contributed by atoms with Gasteiger partial charge in [0, 0.05) is 30.7 Å². The van der Waals surface area contributed by atoms with Crippen molar-refractivity contribution in [1.82, 2.24) is 15.2 Å². The summed E-state index contributed by atoms with van der Waals surface area (Å²) in [5.74, 6) is -2.03. The van der Waals surface area contributed by atoms with Gasteiger partial charge in [-0.2, -0.15) is 0 Å². The minimum absolute atomic E-state index is 0.0118. The molecule has 0 radical (unpaired) electrons. The third-order valence-corrected chi connectivity index (χ3v) is 6.10. The van der Waals surface area contributed by atoms with E-state index in [9.17, 15) is 19.2 Å². The number of aromatic nitrogens is 1. The Morgan fingerprint density at radius 2 is 1.82 bits per heavy atom. The highest BCUT2D eigenvalue weighted by molar-refractivity contribution is 5.99. The van der Waals surface area contributed by atoms with Gasteiger partial charge < -0.3 is 30.0 Å². The zero-order chi connectivity index (χ0) is 27.9. The summed E-state index contributed by atoms with van der Waals surface area (Å²) >= 11 is 0. The van der Waals surface area contributed by atoms with Gasteiger partial charge in [0.05, 0.1) is 17.8 Å². The van der Waals surface area contributed by atoms with Crippen LogP contribution in [0, 0.1) is 5.82 Å². The van der Waals surface area contributed by atoms with Crippen molar-refractivity contribution in [2.24, 2.45) is 0 Å². The summed E-state index contributed by atoms with van der Waals surface area (Å²) < 4.78 is 26.8. The Morgan fingerprint density at radius 1 is 1.11 bits per heavy atom. The third kappa shape index (κ3) is 7.93. The summed E-state index contributed by atoms with van der Waals surface area (Å²) in [5.41, 5.74) is -0.915. The predicted octanol–water partition coefficient (Wildman–Crippen LogP) is 3.70. The first-order valence-corrected chi connectivity index (χ1v) is 13.0. The Morgan fingerprint density at radius 3 is 2.47 bits per heavy atom. The summed E-state index contributed by atoms with van der Waals surface area (Å²) in [6.07, 6.45) is 5.90. The first-order chi connectivity index (χ1) is 18.0. The van der Waals surface area contributed by atoms with E-state index >= 15 is 4.39 Å². The number of amides is 2. The number of carbonyl (C=O) groups excluding carboxylic acids is 3. The van der Waals surface area contributed by atoms with E-state index in [2.05, 4.69) is 16.0 Å². The summed E-state index contributed by atoms with van der Waals surface area (Å²) in [7, 11) is 0. The molecule has 3 rings (SSSR count). The quantitative estimate of drug-likeness (QED) is 0.420. The summed E-state index contributed by atoms with van der Waals surface area (Å²) in [5, 5.41) is 8.29. The lowest BCUT2D eigenvalue weighted by molar-refractivity contribution is -0.141. The van der Waals surface area contributed by atoms with Gasteiger partial charge in [0.2, 0.25) is 5.43 Å². The second-order valence-corrected chi connectivity index (χ2v) is 10.3. The van der Waals surface area contributed by atoms with E-state index < -0.39 is 41.4 Å². The molecule has 2 aromatic rings. The second kappa shape index (κ2) is 12.7. The van der Waals surface area contributed by atoms with E-state index in [1.807, 2.05) is 0 Å². The highest BCUT2D eigenvalue weighted by atomic mass is 19.1. The van der Waals surface area contributed by atoms with Crippen LogP contribution in [-0.4, -0.2) is 53.9 Å². The fraction of sp³-hybridized carbons (Fsp3) is 0.556. The van der Waals surface area contributed by atoms with Gasteiger partial charge in [0.1, 0.15) is 23.5 Å². The number of fused-ring (bicyclic) bond motifs is 1. The molecule has 38 heavy (non-hydrogen) atoms. The average Bonchev–Trinajstić information content (AvgIpc) is 2.84. The van der Waals surface area contributed by atoms with Gasteiger partial charge in [0.25, 0.3) is 5.91 Å². The standard InChI is InChI=1S/C27H37FN4O6/c1-5-37-23(33)15-30-25(35)19-16-32(12-11-29-26(36)38-27(2,3)4)22-14-21(20(28)13-18(22)24(19)34)31-17-9-7-6-8-10-17/h13-14,16-17,31H,5-12,15H2,1-4H3,(H,29,36)(H,30,35). The van der Waals surface area contributed by atoms with Crippen LogP contribution in [0.1, 0.15) is 70.2 Å². The molecule has 3 N–H and O–H groups in total. The molecular formula is C27H37FN4O6. The molecule has 0 atom stereocenters. The van der Waals surface area contributed by atoms with E-state index in [0.29, 0.717) is 5.52 Å². The fourth-order valence-corrected chi connectivity index (χ4v) is 4.39. The van der Waals surface area contributed by atoms with Gasteiger partial charge in [-0.1, -0.05) is 19.3 Å². The maximum atomic E-state index is 15.1. The van der Waals surface area contributed by atoms with Crippen molar-refractivity contribution in [3.05, 3.63) is 39.9 Å². The number of hydrogen-bond acceptors (Lipinski definition) is 7. The van der Waals surface area contributed by atoms with Gasteiger partial charge in [0.15, 0.2) is 0 Å². The van der Waals surface area contributed by atoms with E-state index in [-0.39, 0.29) is 42.4 Å². The molecule has 0 bridgehead atoms. The fourth-order valence-electron chi connectivity index (χ4n) is 4.39. The first-order valence-electron chi connectivity index (χ1n) is 13.0. The van der Waals surface area contributed by atoms with E-state index in [1.165, 1.54) is 6.20 Å². The molecule has 11 heteroatoms. The molecule has 2 amide bonds. The molecule has 1 aromatic carbocycles. The van der Waals surface area contributed by atoms with Crippen LogP contribution in [-0.2, 0) is 20.8 Å². The number of esters is 1. The van der Waals surface area contributed by atoms with Gasteiger partial charge in [-0.25, -0.2) is 9.18 Å². The second-order valence-electron chi connectivity index (χ2n) is 10.3. The number of pyridine rings is 1. The maximum absolute atomic E-state index is 15.1. The molecule has 208 valence electrons. The minimum atomic E-state index is -0.788. The molecule has 1 fully saturated rings. The number of carbonyl (C=O) groups is 3. The third-order valence-electron chi connectivity index (χ3n) is 6.10. The highest BCUT2D eigenvalue weighted by Gasteiger charge is 2.21. The van der Waals surface area contributed by atoms with Crippen LogP contribution in [0.3, 0.4) is 0 Å². The lowest BCUT2D eigenvalue weighted by Gasteiger charge is -2.24. The average molecular weight is 533 g/mol. The predicted molar refractivity (Wildman–Crippen MR) is 142 cm³/mol. The van der Waals surface area contributed by atoms with Crippen molar-refractivity contribution in [3.63, 3.8) is 0 Å². The van der Waals surface area contributed by atoms with Crippen LogP contribution in [0.2, 0.25) is 0 Å². The Kier molecular flexibility index (Phi) is 9.71. The summed E-state index contributed by atoms with van der Waals surface area (Å²) in [6, 6.07) is 2.83. The normalized spacial score (nSPS) is 14.1. The molecule has 1 heterocycles. The minimum Gasteiger partial charge on any atom is -0.465 e. The summed E-state index contributed by atoms with van der Waals surface area (Å²) in [4.78, 5) is 49.8. The lowest BCUT2D eigenvalue weighted by atomic mass is 9.95. The Hall–Kier alpha value is -3.63. The molecular weight excluding hydrogens is 495 g/mol. The van der Waals surface area contributed by atoms with E-state index in [0.717, 1.165) is 38.2 Å². The van der Waals surface area contributed by atoms with Crippen molar-refractivity contribution < 1.29 is 28.2 Å². The van der Waals surface area contributed by atoms with E-state index in [4.69, 9.17) is 9.47 Å². The first kappa shape index (κ1) is 28.9. The number of hydrogen-bond donors (Lipinski definition) is 3. The Balaban J connectivity index is 1.93. The van der Waals surface area contributed by atoms with Gasteiger partial charge in [-0.05, 0) is 52.7 Å². The van der Waals surface area contributed by atoms with Crippen molar-refractivity contribution in [1.29, 1.82) is 0 Å². The molecule has 1 aliphatic rings. The number of nitrogens with one attached hydrogen (secondary N) is 3. The van der Waals surface area contributed by atoms with Crippen LogP contribution in [0.5, 0.6) is 0 Å². The number of alkyl carbamates (subject to hydrolysis) is 1. The number of nitrogens with zero attached hydrogens (tertiary/aromatic N) is 1. The van der Waals surface area contributed by atoms with Gasteiger partial charge in [-0.15, -0.1) is 0 Å². The number of rotatable bonds is 9. The van der Waals surface area contributed by atoms with Crippen LogP contribution < -0.4 is 21.4 Å². The molecule has 0 aliphatic heterocycles.